The van der Waals surface area contributed by atoms with E-state index in [0.29, 0.717) is 10.2 Å². The monoisotopic (exact) mass is 225 g/mol. The van der Waals surface area contributed by atoms with Gasteiger partial charge in [0.25, 0.3) is 0 Å². The highest BCUT2D eigenvalue weighted by Crippen LogP contribution is 2.20. The molecule has 1 heterocycles. The third-order valence-corrected chi connectivity index (χ3v) is 2.94. The molecule has 5 heteroatoms. The molecule has 2 N–H and O–H groups in total. The van der Waals surface area contributed by atoms with Crippen LogP contribution in [-0.2, 0) is 0 Å². The third-order valence-electron chi connectivity index (χ3n) is 1.81. The second kappa shape index (κ2) is 4.02. The molecular formula is C9H8ClN3S. The minimum Gasteiger partial charge on any atom is -0.377 e. The normalized spacial score (nSPS) is 16.1. The molecule has 0 saturated carbocycles. The Balaban J connectivity index is 2.37. The number of hydrogen-bond acceptors (Lipinski definition) is 4. The van der Waals surface area contributed by atoms with E-state index in [0.717, 1.165) is 17.0 Å². The van der Waals surface area contributed by atoms with E-state index < -0.39 is 0 Å². The van der Waals surface area contributed by atoms with Crippen LogP contribution < -0.4 is 5.73 Å². The number of nitrogens with two attached hydrogens (primary N) is 1. The predicted octanol–water partition coefficient (Wildman–Crippen LogP) is 2.11. The molecule has 0 spiro atoms. The summed E-state index contributed by atoms with van der Waals surface area (Å²) in [5.41, 5.74) is 7.28. The molecule has 14 heavy (non-hydrogen) atoms. The van der Waals surface area contributed by atoms with E-state index in [2.05, 4.69) is 10.2 Å². The van der Waals surface area contributed by atoms with Crippen LogP contribution in [0.4, 0.5) is 0 Å². The molecule has 2 rings (SSSR count). The Morgan fingerprint density at radius 1 is 1.29 bits per heavy atom. The van der Waals surface area contributed by atoms with Crippen LogP contribution in [-0.4, -0.2) is 16.6 Å². The molecule has 0 radical (unpaired) electrons. The molecule has 0 atom stereocenters. The maximum Gasteiger partial charge on any atom is 0.180 e. The summed E-state index contributed by atoms with van der Waals surface area (Å²) in [5.74, 6) is 0.721. The van der Waals surface area contributed by atoms with Gasteiger partial charge < -0.3 is 5.73 Å². The number of halogens is 1. The van der Waals surface area contributed by atoms with Crippen molar-refractivity contribution in [2.45, 2.75) is 0 Å². The second-order valence-electron chi connectivity index (χ2n) is 2.75. The zero-order valence-electron chi connectivity index (χ0n) is 7.27. The van der Waals surface area contributed by atoms with Gasteiger partial charge >= 0.3 is 0 Å². The summed E-state index contributed by atoms with van der Waals surface area (Å²) in [6.07, 6.45) is 0. The Bertz CT molecular complexity index is 414. The van der Waals surface area contributed by atoms with Gasteiger partial charge in [0.05, 0.1) is 5.71 Å². The van der Waals surface area contributed by atoms with Crippen LogP contribution >= 0.6 is 23.4 Å². The molecule has 0 unspecified atom stereocenters. The first-order valence-electron chi connectivity index (χ1n) is 4.05. The maximum absolute atomic E-state index is 6.02. The van der Waals surface area contributed by atoms with Crippen LogP contribution in [0, 0.1) is 0 Å². The number of thioether (sulfide) groups is 1. The van der Waals surface area contributed by atoms with Crippen molar-refractivity contribution < 1.29 is 0 Å². The van der Waals surface area contributed by atoms with E-state index in [4.69, 9.17) is 17.3 Å². The molecule has 1 aliphatic rings. The van der Waals surface area contributed by atoms with Crippen molar-refractivity contribution in [3.8, 4) is 0 Å². The average Bonchev–Trinajstić information content (AvgIpc) is 2.20. The van der Waals surface area contributed by atoms with Crippen molar-refractivity contribution in [2.75, 3.05) is 5.75 Å². The Hall–Kier alpha value is -1.000. The van der Waals surface area contributed by atoms with Gasteiger partial charge in [0.1, 0.15) is 0 Å². The molecule has 0 bridgehead atoms. The van der Waals surface area contributed by atoms with E-state index in [1.54, 1.807) is 0 Å². The predicted molar refractivity (Wildman–Crippen MR) is 62.1 cm³/mol. The molecule has 1 aromatic carbocycles. The van der Waals surface area contributed by atoms with Gasteiger partial charge in [-0.25, -0.2) is 0 Å². The number of rotatable bonds is 1. The van der Waals surface area contributed by atoms with Crippen LogP contribution in [0.1, 0.15) is 5.56 Å². The van der Waals surface area contributed by atoms with Crippen molar-refractivity contribution in [1.82, 2.24) is 0 Å². The Labute approximate surface area is 91.0 Å². The Morgan fingerprint density at radius 2 is 2.07 bits per heavy atom. The van der Waals surface area contributed by atoms with Gasteiger partial charge in [-0.15, -0.1) is 5.10 Å². The zero-order valence-corrected chi connectivity index (χ0v) is 8.85. The van der Waals surface area contributed by atoms with Crippen LogP contribution in [0.3, 0.4) is 0 Å². The summed E-state index contributed by atoms with van der Waals surface area (Å²) in [5, 5.41) is 9.03. The number of hydrogen-bond donors (Lipinski definition) is 1. The minimum atomic E-state index is 0.501. The lowest BCUT2D eigenvalue weighted by molar-refractivity contribution is 1.22. The molecule has 1 aliphatic heterocycles. The topological polar surface area (TPSA) is 50.7 Å². The molecule has 0 amide bonds. The van der Waals surface area contributed by atoms with Crippen molar-refractivity contribution in [2.24, 2.45) is 15.9 Å². The summed E-state index contributed by atoms with van der Waals surface area (Å²) >= 11 is 7.49. The average molecular weight is 226 g/mol. The second-order valence-corrected chi connectivity index (χ2v) is 4.16. The van der Waals surface area contributed by atoms with Gasteiger partial charge in [-0.2, -0.15) is 5.10 Å². The fourth-order valence-corrected chi connectivity index (χ4v) is 1.98. The number of amidine groups is 1. The molecular weight excluding hydrogens is 218 g/mol. The number of nitrogens with zero attached hydrogens (tertiary/aromatic N) is 2. The highest BCUT2D eigenvalue weighted by molar-refractivity contribution is 8.14. The van der Waals surface area contributed by atoms with Crippen molar-refractivity contribution in [1.29, 1.82) is 0 Å². The molecule has 0 aromatic heterocycles. The Kier molecular flexibility index (Phi) is 2.74. The fourth-order valence-electron chi connectivity index (χ4n) is 1.14. The first-order chi connectivity index (χ1) is 6.77. The summed E-state index contributed by atoms with van der Waals surface area (Å²) in [4.78, 5) is 0. The SMILES string of the molecule is NC1=NN=C(c2ccccc2Cl)CS1. The highest BCUT2D eigenvalue weighted by atomic mass is 35.5. The quantitative estimate of drug-likeness (QED) is 0.796. The Morgan fingerprint density at radius 3 is 2.71 bits per heavy atom. The summed E-state index contributed by atoms with van der Waals surface area (Å²) in [6, 6.07) is 7.58. The van der Waals surface area contributed by atoms with Crippen LogP contribution in [0.25, 0.3) is 0 Å². The van der Waals surface area contributed by atoms with Gasteiger partial charge in [-0.1, -0.05) is 41.6 Å². The van der Waals surface area contributed by atoms with Crippen molar-refractivity contribution >= 4 is 34.2 Å². The van der Waals surface area contributed by atoms with Crippen molar-refractivity contribution in [3.63, 3.8) is 0 Å². The zero-order chi connectivity index (χ0) is 9.97. The summed E-state index contributed by atoms with van der Waals surface area (Å²) < 4.78 is 0. The molecule has 0 fully saturated rings. The largest absolute Gasteiger partial charge is 0.377 e. The molecule has 72 valence electrons. The smallest absolute Gasteiger partial charge is 0.180 e. The van der Waals surface area contributed by atoms with Gasteiger partial charge in [-0.3, -0.25) is 0 Å². The van der Waals surface area contributed by atoms with Gasteiger partial charge in [-0.05, 0) is 6.07 Å². The first-order valence-corrected chi connectivity index (χ1v) is 5.41. The van der Waals surface area contributed by atoms with Gasteiger partial charge in [0.15, 0.2) is 5.17 Å². The van der Waals surface area contributed by atoms with Crippen molar-refractivity contribution in [3.05, 3.63) is 34.9 Å². The number of benzene rings is 1. The van der Waals surface area contributed by atoms with Crippen LogP contribution in [0.15, 0.2) is 34.5 Å². The van der Waals surface area contributed by atoms with E-state index in [-0.39, 0.29) is 0 Å². The molecule has 3 nitrogen and oxygen atoms in total. The highest BCUT2D eigenvalue weighted by Gasteiger charge is 2.12. The van der Waals surface area contributed by atoms with Gasteiger partial charge in [0.2, 0.25) is 0 Å². The summed E-state index contributed by atoms with van der Waals surface area (Å²) in [6.45, 7) is 0. The lowest BCUT2D eigenvalue weighted by Crippen LogP contribution is -2.16. The minimum absolute atomic E-state index is 0.501. The maximum atomic E-state index is 6.02. The van der Waals surface area contributed by atoms with E-state index in [1.165, 1.54) is 11.8 Å². The molecule has 0 saturated heterocycles. The first kappa shape index (κ1) is 9.55. The fraction of sp³-hybridized carbons (Fsp3) is 0.111. The standard InChI is InChI=1S/C9H8ClN3S/c10-7-4-2-1-3-6(7)8-5-14-9(11)13-12-8/h1-4H,5H2,(H2,11,13). The molecule has 1 aromatic rings. The van der Waals surface area contributed by atoms with Crippen LogP contribution in [0.5, 0.6) is 0 Å². The van der Waals surface area contributed by atoms with Gasteiger partial charge in [0, 0.05) is 16.3 Å². The van der Waals surface area contributed by atoms with E-state index in [9.17, 15) is 0 Å². The summed E-state index contributed by atoms with van der Waals surface area (Å²) in [7, 11) is 0. The van der Waals surface area contributed by atoms with E-state index in [1.807, 2.05) is 24.3 Å². The molecule has 0 aliphatic carbocycles. The third kappa shape index (κ3) is 1.91. The lowest BCUT2D eigenvalue weighted by atomic mass is 10.1. The lowest BCUT2D eigenvalue weighted by Gasteiger charge is -2.09. The van der Waals surface area contributed by atoms with E-state index >= 15 is 0 Å². The van der Waals surface area contributed by atoms with Crippen LogP contribution in [0.2, 0.25) is 5.02 Å².